The molecule has 0 saturated carbocycles. The van der Waals surface area contributed by atoms with Gasteiger partial charge < -0.3 is 10.2 Å². The summed E-state index contributed by atoms with van der Waals surface area (Å²) in [6, 6.07) is 32.1. The van der Waals surface area contributed by atoms with E-state index in [-0.39, 0.29) is 23.1 Å². The predicted molar refractivity (Wildman–Crippen MR) is 307 cm³/mol. The first kappa shape index (κ1) is 62.6. The first-order valence-electron chi connectivity index (χ1n) is 26.9. The first-order chi connectivity index (χ1) is 35.8. The quantitative estimate of drug-likeness (QED) is 0.0819. The van der Waals surface area contributed by atoms with Crippen LogP contribution in [0.15, 0.2) is 122 Å². The minimum Gasteiger partial charge on any atom is -0.386 e. The molecule has 8 nitrogen and oxygen atoms in total. The van der Waals surface area contributed by atoms with Gasteiger partial charge in [-0.3, -0.25) is 9.97 Å². The molecule has 398 valence electrons. The maximum atomic E-state index is 10.7. The predicted octanol–water partition coefficient (Wildman–Crippen LogP) is 15.8. The van der Waals surface area contributed by atoms with Crippen LogP contribution in [0, 0.1) is 34.6 Å². The highest BCUT2D eigenvalue weighted by Crippen LogP contribution is 2.43. The third-order valence-electron chi connectivity index (χ3n) is 15.9. The number of benzene rings is 4. The molecule has 6 rings (SSSR count). The highest BCUT2D eigenvalue weighted by Gasteiger charge is 2.33. The van der Waals surface area contributed by atoms with Crippen molar-refractivity contribution < 1.29 is 29.4 Å². The van der Waals surface area contributed by atoms with E-state index in [0.29, 0.717) is 0 Å². The molecule has 8 heteroatoms. The summed E-state index contributed by atoms with van der Waals surface area (Å²) in [6.45, 7) is 30.4. The van der Waals surface area contributed by atoms with Crippen molar-refractivity contribution in [2.75, 3.05) is 0 Å². The van der Waals surface area contributed by atoms with E-state index in [0.717, 1.165) is 57.8 Å². The minimum atomic E-state index is -0.729. The van der Waals surface area contributed by atoms with Crippen LogP contribution in [0.1, 0.15) is 180 Å². The van der Waals surface area contributed by atoms with Crippen molar-refractivity contribution in [3.63, 3.8) is 0 Å². The zero-order chi connectivity index (χ0) is 56.0. The van der Waals surface area contributed by atoms with Crippen molar-refractivity contribution in [1.29, 1.82) is 0 Å². The molecule has 0 unspecified atom stereocenters. The molecule has 0 aliphatic rings. The van der Waals surface area contributed by atoms with Crippen LogP contribution in [0.5, 0.6) is 0 Å². The lowest BCUT2D eigenvalue weighted by Gasteiger charge is -2.34. The van der Waals surface area contributed by atoms with Crippen molar-refractivity contribution in [1.82, 2.24) is 9.97 Å². The highest BCUT2D eigenvalue weighted by molar-refractivity contribution is 5.69. The average molecular weight is 1010 g/mol. The fourth-order valence-electron chi connectivity index (χ4n) is 10.3. The second-order valence-electron chi connectivity index (χ2n) is 19.9. The molecule has 0 saturated heterocycles. The number of aryl methyl sites for hydroxylation is 6. The van der Waals surface area contributed by atoms with Gasteiger partial charge in [-0.1, -0.05) is 159 Å². The van der Waals surface area contributed by atoms with Gasteiger partial charge in [0.2, 0.25) is 0 Å². The molecule has 0 spiro atoms. The van der Waals surface area contributed by atoms with Crippen LogP contribution in [0.2, 0.25) is 0 Å². The van der Waals surface area contributed by atoms with Gasteiger partial charge in [0.25, 0.3) is 0 Å². The standard InChI is InChI=1S/C33H43NO.C32H41NO.2CO2/c1-8-26-21-28(23-34-22-26)31-16-15-30(20-25(31)7)33(11-4,12-5)29-14-13-27(24(6)19-29)17-18-32(35,9-2)10-3;1-8-31(34,9-2)17-16-26-12-13-28(19-24(26)6)32(10-3,11-4)29-14-15-30(25(7)20-29)27-18-23(5)21-33-22-27;2*2-1-3/h13-23,35H,8-12H2,1-7H3;12-22,34H,8-11H2,1-7H3;;/b18-17+;17-16+;;. The second kappa shape index (κ2) is 29.4. The van der Waals surface area contributed by atoms with E-state index >= 15 is 0 Å². The molecule has 0 bridgehead atoms. The Bertz CT molecular complexity index is 2890. The molecule has 4 aromatic carbocycles. The normalized spacial score (nSPS) is 11.7. The van der Waals surface area contributed by atoms with E-state index in [4.69, 9.17) is 19.2 Å². The summed E-state index contributed by atoms with van der Waals surface area (Å²) in [5.41, 5.74) is 18.7. The Hall–Kier alpha value is -6.66. The van der Waals surface area contributed by atoms with Crippen molar-refractivity contribution in [3.8, 4) is 22.3 Å². The van der Waals surface area contributed by atoms with Crippen LogP contribution in [0.4, 0.5) is 0 Å². The minimum absolute atomic E-state index is 0.0330. The van der Waals surface area contributed by atoms with Gasteiger partial charge >= 0.3 is 12.3 Å². The van der Waals surface area contributed by atoms with E-state index < -0.39 is 11.2 Å². The third-order valence-corrected chi connectivity index (χ3v) is 15.9. The average Bonchev–Trinajstić information content (AvgIpc) is 3.42. The summed E-state index contributed by atoms with van der Waals surface area (Å²) in [5.74, 6) is 0. The Kier molecular flexibility index (Phi) is 24.6. The van der Waals surface area contributed by atoms with Gasteiger partial charge in [0, 0.05) is 46.7 Å². The lowest BCUT2D eigenvalue weighted by molar-refractivity contribution is -0.193. The fraction of sp³-hybridized carbons (Fsp3) is 0.403. The third kappa shape index (κ3) is 15.7. The number of rotatable bonds is 19. The lowest BCUT2D eigenvalue weighted by Crippen LogP contribution is -2.26. The van der Waals surface area contributed by atoms with Crippen molar-refractivity contribution in [2.24, 2.45) is 0 Å². The van der Waals surface area contributed by atoms with Crippen LogP contribution >= 0.6 is 0 Å². The Morgan fingerprint density at radius 3 is 1.07 bits per heavy atom. The van der Waals surface area contributed by atoms with E-state index in [1.54, 1.807) is 0 Å². The van der Waals surface area contributed by atoms with Gasteiger partial charge in [0.05, 0.1) is 11.2 Å². The van der Waals surface area contributed by atoms with Crippen molar-refractivity contribution in [2.45, 2.75) is 177 Å². The van der Waals surface area contributed by atoms with Gasteiger partial charge in [-0.05, 0) is 182 Å². The Morgan fingerprint density at radius 1 is 0.427 bits per heavy atom. The number of aromatic nitrogens is 2. The van der Waals surface area contributed by atoms with E-state index in [2.05, 4.69) is 176 Å². The van der Waals surface area contributed by atoms with Crippen LogP contribution in [-0.2, 0) is 36.4 Å². The fourth-order valence-corrected chi connectivity index (χ4v) is 10.3. The van der Waals surface area contributed by atoms with Crippen molar-refractivity contribution >= 4 is 24.5 Å². The second-order valence-corrected chi connectivity index (χ2v) is 19.9. The highest BCUT2D eigenvalue weighted by atomic mass is 16.3. The summed E-state index contributed by atoms with van der Waals surface area (Å²) < 4.78 is 0. The van der Waals surface area contributed by atoms with Gasteiger partial charge in [0.1, 0.15) is 0 Å². The SMILES string of the molecule is CCC(O)(/C=C/c1ccc(C(CC)(CC)c2ccc(-c3cncc(C)c3)c(C)c2)cc1C)CC.CCc1cncc(-c2ccc(C(CC)(CC)c3ccc(/C=C/C(O)(CC)CC)c(C)c3)cc2C)c1.O=C=O.O=C=O. The molecule has 0 atom stereocenters. The molecule has 0 aliphatic carbocycles. The van der Waals surface area contributed by atoms with Gasteiger partial charge in [-0.25, -0.2) is 0 Å². The number of nitrogens with zero attached hydrogens (tertiary/aromatic N) is 2. The van der Waals surface area contributed by atoms with Gasteiger partial charge in [-0.15, -0.1) is 0 Å². The Morgan fingerprint density at radius 2 is 0.760 bits per heavy atom. The van der Waals surface area contributed by atoms with E-state index in [1.165, 1.54) is 89.0 Å². The molecule has 0 amide bonds. The lowest BCUT2D eigenvalue weighted by atomic mass is 9.69. The zero-order valence-corrected chi connectivity index (χ0v) is 47.5. The van der Waals surface area contributed by atoms with Crippen molar-refractivity contribution in [3.05, 3.63) is 189 Å². The van der Waals surface area contributed by atoms with E-state index in [9.17, 15) is 10.2 Å². The van der Waals surface area contributed by atoms with Crippen LogP contribution in [0.25, 0.3) is 34.4 Å². The summed E-state index contributed by atoms with van der Waals surface area (Å²) >= 11 is 0. The first-order valence-corrected chi connectivity index (χ1v) is 26.9. The van der Waals surface area contributed by atoms with Gasteiger partial charge in [-0.2, -0.15) is 19.2 Å². The summed E-state index contributed by atoms with van der Waals surface area (Å²) in [5, 5.41) is 21.3. The molecule has 0 fully saturated rings. The van der Waals surface area contributed by atoms with Gasteiger partial charge in [0.15, 0.2) is 0 Å². The molecule has 6 aromatic rings. The van der Waals surface area contributed by atoms with E-state index in [1.807, 2.05) is 64.6 Å². The number of hydrogen-bond acceptors (Lipinski definition) is 8. The largest absolute Gasteiger partial charge is 0.386 e. The monoisotopic (exact) mass is 1010 g/mol. The number of carbonyl (C=O) groups excluding carboxylic acids is 4. The number of aliphatic hydroxyl groups is 2. The molecule has 75 heavy (non-hydrogen) atoms. The Balaban J connectivity index is 0.000000358. The van der Waals surface area contributed by atoms with Crippen LogP contribution in [0.3, 0.4) is 0 Å². The molecule has 2 heterocycles. The number of hydrogen-bond donors (Lipinski definition) is 2. The summed E-state index contributed by atoms with van der Waals surface area (Å²) in [7, 11) is 0. The Labute approximate surface area is 449 Å². The molecular formula is C67H84N2O6. The molecule has 0 radical (unpaired) electrons. The topological polar surface area (TPSA) is 135 Å². The van der Waals surface area contributed by atoms with Crippen LogP contribution < -0.4 is 0 Å². The summed E-state index contributed by atoms with van der Waals surface area (Å²) in [4.78, 5) is 41.4. The molecule has 2 aromatic heterocycles. The number of pyridine rings is 2. The maximum Gasteiger partial charge on any atom is 0.373 e. The smallest absolute Gasteiger partial charge is 0.373 e. The molecular weight excluding hydrogens is 929 g/mol. The molecule has 2 N–H and O–H groups in total. The maximum absolute atomic E-state index is 10.7. The summed E-state index contributed by atoms with van der Waals surface area (Å²) in [6.07, 6.45) is 24.4. The zero-order valence-electron chi connectivity index (χ0n) is 47.5. The molecule has 0 aliphatic heterocycles. The van der Waals surface area contributed by atoms with Crippen LogP contribution in [-0.4, -0.2) is 43.7 Å².